The average Bonchev–Trinajstić information content (AvgIpc) is 2.61. The number of benzene rings is 1. The molecule has 3 rings (SSSR count). The van der Waals surface area contributed by atoms with Gasteiger partial charge in [0, 0.05) is 44.7 Å². The van der Waals surface area contributed by atoms with E-state index in [1.54, 1.807) is 11.0 Å². The molecule has 0 bridgehead atoms. The fraction of sp³-hybridized carbons (Fsp3) is 0.562. The zero-order chi connectivity index (χ0) is 14.8. The highest BCUT2D eigenvalue weighted by Crippen LogP contribution is 2.25. The van der Waals surface area contributed by atoms with Crippen LogP contribution >= 0.6 is 0 Å². The third-order valence-electron chi connectivity index (χ3n) is 4.46. The fourth-order valence-corrected chi connectivity index (χ4v) is 3.23. The van der Waals surface area contributed by atoms with Gasteiger partial charge in [-0.3, -0.25) is 9.69 Å². The molecule has 0 aromatic heterocycles. The molecule has 0 N–H and O–H groups in total. The Morgan fingerprint density at radius 3 is 2.95 bits per heavy atom. The normalized spacial score (nSPS) is 27.3. The van der Waals surface area contributed by atoms with Crippen molar-refractivity contribution >= 4 is 5.91 Å². The molecule has 2 aliphatic heterocycles. The zero-order valence-corrected chi connectivity index (χ0v) is 12.3. The Morgan fingerprint density at radius 1 is 1.33 bits per heavy atom. The van der Waals surface area contributed by atoms with Gasteiger partial charge in [-0.2, -0.15) is 0 Å². The molecular formula is C16H21FN2O2. The SMILES string of the molecule is CN1C[C@H]2CN(Cc3ccccc3F)CC[C@@H]2OCC1=O. The second-order valence-corrected chi connectivity index (χ2v) is 6.00. The number of fused-ring (bicyclic) bond motifs is 1. The van der Waals surface area contributed by atoms with Gasteiger partial charge in [0.15, 0.2) is 0 Å². The third kappa shape index (κ3) is 3.24. The van der Waals surface area contributed by atoms with Crippen molar-refractivity contribution < 1.29 is 13.9 Å². The second kappa shape index (κ2) is 6.12. The summed E-state index contributed by atoms with van der Waals surface area (Å²) in [5.41, 5.74) is 0.731. The molecule has 1 amide bonds. The molecule has 0 radical (unpaired) electrons. The minimum absolute atomic E-state index is 0.0463. The van der Waals surface area contributed by atoms with Crippen LogP contribution < -0.4 is 0 Å². The van der Waals surface area contributed by atoms with Gasteiger partial charge in [0.1, 0.15) is 12.4 Å². The van der Waals surface area contributed by atoms with E-state index in [4.69, 9.17) is 4.74 Å². The first-order valence-electron chi connectivity index (χ1n) is 7.45. The number of hydrogen-bond donors (Lipinski definition) is 0. The zero-order valence-electron chi connectivity index (χ0n) is 12.3. The van der Waals surface area contributed by atoms with Crippen molar-refractivity contribution in [2.45, 2.75) is 19.1 Å². The summed E-state index contributed by atoms with van der Waals surface area (Å²) in [7, 11) is 1.82. The minimum atomic E-state index is -0.149. The third-order valence-corrected chi connectivity index (χ3v) is 4.46. The van der Waals surface area contributed by atoms with Crippen LogP contribution in [0.4, 0.5) is 4.39 Å². The number of likely N-dealkylation sites (N-methyl/N-ethyl adjacent to an activating group) is 1. The first kappa shape index (κ1) is 14.5. The van der Waals surface area contributed by atoms with Crippen molar-refractivity contribution in [1.82, 2.24) is 9.80 Å². The van der Waals surface area contributed by atoms with E-state index in [2.05, 4.69) is 4.90 Å². The van der Waals surface area contributed by atoms with Crippen molar-refractivity contribution in [2.75, 3.05) is 33.3 Å². The Balaban J connectivity index is 1.66. The van der Waals surface area contributed by atoms with Crippen LogP contribution in [-0.2, 0) is 16.1 Å². The number of halogens is 1. The number of carbonyl (C=O) groups excluding carboxylic acids is 1. The van der Waals surface area contributed by atoms with Gasteiger partial charge < -0.3 is 9.64 Å². The molecule has 0 saturated carbocycles. The monoisotopic (exact) mass is 292 g/mol. The molecule has 1 aromatic carbocycles. The molecular weight excluding hydrogens is 271 g/mol. The van der Waals surface area contributed by atoms with Crippen molar-refractivity contribution in [3.63, 3.8) is 0 Å². The molecule has 114 valence electrons. The minimum Gasteiger partial charge on any atom is -0.368 e. The van der Waals surface area contributed by atoms with Crippen LogP contribution in [0, 0.1) is 11.7 Å². The van der Waals surface area contributed by atoms with Crippen LogP contribution in [0.5, 0.6) is 0 Å². The molecule has 0 unspecified atom stereocenters. The fourth-order valence-electron chi connectivity index (χ4n) is 3.23. The molecule has 2 atom stereocenters. The Hall–Kier alpha value is -1.46. The lowest BCUT2D eigenvalue weighted by Crippen LogP contribution is -2.46. The molecule has 2 fully saturated rings. The maximum Gasteiger partial charge on any atom is 0.248 e. The number of rotatable bonds is 2. The van der Waals surface area contributed by atoms with E-state index in [0.717, 1.165) is 31.6 Å². The lowest BCUT2D eigenvalue weighted by atomic mass is 9.94. The molecule has 21 heavy (non-hydrogen) atoms. The summed E-state index contributed by atoms with van der Waals surface area (Å²) >= 11 is 0. The quantitative estimate of drug-likeness (QED) is 0.828. The van der Waals surface area contributed by atoms with E-state index in [0.29, 0.717) is 12.5 Å². The van der Waals surface area contributed by atoms with E-state index < -0.39 is 0 Å². The Kier molecular flexibility index (Phi) is 4.22. The number of ether oxygens (including phenoxy) is 1. The van der Waals surface area contributed by atoms with Crippen molar-refractivity contribution in [3.8, 4) is 0 Å². The van der Waals surface area contributed by atoms with Gasteiger partial charge in [0.2, 0.25) is 5.91 Å². The first-order chi connectivity index (χ1) is 10.1. The molecule has 2 heterocycles. The van der Waals surface area contributed by atoms with Crippen LogP contribution in [-0.4, -0.2) is 55.1 Å². The predicted molar refractivity (Wildman–Crippen MR) is 77.2 cm³/mol. The summed E-state index contributed by atoms with van der Waals surface area (Å²) in [5.74, 6) is 0.205. The summed E-state index contributed by atoms with van der Waals surface area (Å²) in [6.07, 6.45) is 1.05. The van der Waals surface area contributed by atoms with Gasteiger partial charge in [-0.25, -0.2) is 4.39 Å². The summed E-state index contributed by atoms with van der Waals surface area (Å²) in [5, 5.41) is 0. The lowest BCUT2D eigenvalue weighted by molar-refractivity contribution is -0.133. The maximum absolute atomic E-state index is 13.8. The molecule has 4 nitrogen and oxygen atoms in total. The molecule has 2 saturated heterocycles. The first-order valence-corrected chi connectivity index (χ1v) is 7.45. The Bertz CT molecular complexity index is 523. The smallest absolute Gasteiger partial charge is 0.248 e. The van der Waals surface area contributed by atoms with Crippen molar-refractivity contribution in [3.05, 3.63) is 35.6 Å². The van der Waals surface area contributed by atoms with Gasteiger partial charge >= 0.3 is 0 Å². The summed E-state index contributed by atoms with van der Waals surface area (Å²) < 4.78 is 19.5. The van der Waals surface area contributed by atoms with Crippen molar-refractivity contribution in [1.29, 1.82) is 0 Å². The number of nitrogens with zero attached hydrogens (tertiary/aromatic N) is 2. The highest BCUT2D eigenvalue weighted by atomic mass is 19.1. The van der Waals surface area contributed by atoms with Crippen LogP contribution in [0.25, 0.3) is 0 Å². The largest absolute Gasteiger partial charge is 0.368 e. The maximum atomic E-state index is 13.8. The number of amides is 1. The molecule has 0 spiro atoms. The van der Waals surface area contributed by atoms with Gasteiger partial charge in [0.05, 0.1) is 6.10 Å². The predicted octanol–water partition coefficient (Wildman–Crippen LogP) is 1.50. The summed E-state index contributed by atoms with van der Waals surface area (Å²) in [4.78, 5) is 15.7. The van der Waals surface area contributed by atoms with Gasteiger partial charge in [-0.15, -0.1) is 0 Å². The average molecular weight is 292 g/mol. The summed E-state index contributed by atoms with van der Waals surface area (Å²) in [6, 6.07) is 6.92. The highest BCUT2D eigenvalue weighted by molar-refractivity contribution is 5.77. The number of likely N-dealkylation sites (tertiary alicyclic amines) is 1. The Labute approximate surface area is 124 Å². The van der Waals surface area contributed by atoms with Crippen LogP contribution in [0.3, 0.4) is 0 Å². The van der Waals surface area contributed by atoms with Gasteiger partial charge in [-0.05, 0) is 12.5 Å². The second-order valence-electron chi connectivity index (χ2n) is 6.00. The van der Waals surface area contributed by atoms with E-state index in [1.165, 1.54) is 6.07 Å². The topological polar surface area (TPSA) is 32.8 Å². The van der Waals surface area contributed by atoms with E-state index in [1.807, 2.05) is 19.2 Å². The number of carbonyl (C=O) groups is 1. The molecule has 2 aliphatic rings. The van der Waals surface area contributed by atoms with Crippen LogP contribution in [0.2, 0.25) is 0 Å². The van der Waals surface area contributed by atoms with Gasteiger partial charge in [-0.1, -0.05) is 18.2 Å². The van der Waals surface area contributed by atoms with Crippen LogP contribution in [0.15, 0.2) is 24.3 Å². The number of hydrogen-bond acceptors (Lipinski definition) is 3. The summed E-state index contributed by atoms with van der Waals surface area (Å²) in [6.45, 7) is 3.25. The molecule has 5 heteroatoms. The number of piperidine rings is 1. The molecule has 0 aliphatic carbocycles. The highest BCUT2D eigenvalue weighted by Gasteiger charge is 2.34. The van der Waals surface area contributed by atoms with Crippen LogP contribution in [0.1, 0.15) is 12.0 Å². The van der Waals surface area contributed by atoms with Crippen molar-refractivity contribution in [2.24, 2.45) is 5.92 Å². The van der Waals surface area contributed by atoms with E-state index >= 15 is 0 Å². The lowest BCUT2D eigenvalue weighted by Gasteiger charge is -2.37. The standard InChI is InChI=1S/C16H21FN2O2/c1-18-8-13-10-19(7-6-15(13)21-11-16(18)20)9-12-4-2-3-5-14(12)17/h2-5,13,15H,6-11H2,1H3/t13-,15-/m0/s1. The van der Waals surface area contributed by atoms with E-state index in [9.17, 15) is 9.18 Å². The van der Waals surface area contributed by atoms with Gasteiger partial charge in [0.25, 0.3) is 0 Å². The van der Waals surface area contributed by atoms with E-state index in [-0.39, 0.29) is 24.4 Å². The Morgan fingerprint density at radius 2 is 2.14 bits per heavy atom. The molecule has 1 aromatic rings.